The highest BCUT2D eigenvalue weighted by Gasteiger charge is 2.23. The molecule has 0 bridgehead atoms. The number of hydrogen-bond donors (Lipinski definition) is 2. The summed E-state index contributed by atoms with van der Waals surface area (Å²) < 4.78 is 13.6. The van der Waals surface area contributed by atoms with Crippen LogP contribution in [0.5, 0.6) is 0 Å². The van der Waals surface area contributed by atoms with Gasteiger partial charge in [0.15, 0.2) is 0 Å². The Balaban J connectivity index is 3.44. The Morgan fingerprint density at radius 2 is 2.08 bits per heavy atom. The van der Waals surface area contributed by atoms with Gasteiger partial charge in [0.05, 0.1) is 5.02 Å². The predicted molar refractivity (Wildman–Crippen MR) is 53.7 cm³/mol. The van der Waals surface area contributed by atoms with Crippen LogP contribution in [0.2, 0.25) is 5.02 Å². The van der Waals surface area contributed by atoms with Crippen molar-refractivity contribution in [3.63, 3.8) is 0 Å². The number of rotatable bonds is 1. The number of hydrogen-bond acceptors (Lipinski definition) is 2. The van der Waals surface area contributed by atoms with Gasteiger partial charge in [-0.05, 0) is 18.6 Å². The van der Waals surface area contributed by atoms with Crippen molar-refractivity contribution in [3.05, 3.63) is 26.9 Å². The van der Waals surface area contributed by atoms with E-state index in [0.717, 1.165) is 0 Å². The van der Waals surface area contributed by atoms with E-state index >= 15 is 0 Å². The van der Waals surface area contributed by atoms with Crippen molar-refractivity contribution in [2.75, 3.05) is 0 Å². The average molecular weight is 267 g/mol. The smallest absolute Gasteiger partial charge is 0.423 e. The molecule has 0 aliphatic carbocycles. The zero-order chi connectivity index (χ0) is 10.2. The molecule has 0 aromatic heterocycles. The fraction of sp³-hybridized carbons (Fsp3) is 0.143. The normalized spacial score (nSPS) is 10.3. The molecule has 0 saturated heterocycles. The highest BCUT2D eigenvalue weighted by molar-refractivity contribution is 9.10. The quantitative estimate of drug-likeness (QED) is 0.593. The van der Waals surface area contributed by atoms with Crippen molar-refractivity contribution in [1.29, 1.82) is 0 Å². The molecule has 0 unspecified atom stereocenters. The van der Waals surface area contributed by atoms with Crippen LogP contribution < -0.4 is 5.46 Å². The monoisotopic (exact) mass is 266 g/mol. The maximum absolute atomic E-state index is 13.3. The maximum atomic E-state index is 13.3. The SMILES string of the molecule is Cc1cc(Br)c(B(O)O)c(F)c1Cl. The van der Waals surface area contributed by atoms with Gasteiger partial charge in [-0.3, -0.25) is 0 Å². The number of benzene rings is 1. The second-order valence-electron chi connectivity index (χ2n) is 2.59. The van der Waals surface area contributed by atoms with Crippen molar-refractivity contribution < 1.29 is 14.4 Å². The van der Waals surface area contributed by atoms with Crippen LogP contribution in [0.1, 0.15) is 5.56 Å². The molecule has 6 heteroatoms. The van der Waals surface area contributed by atoms with E-state index in [1.807, 2.05) is 0 Å². The van der Waals surface area contributed by atoms with Crippen molar-refractivity contribution in [1.82, 2.24) is 0 Å². The Morgan fingerprint density at radius 1 is 1.54 bits per heavy atom. The molecule has 2 nitrogen and oxygen atoms in total. The van der Waals surface area contributed by atoms with E-state index < -0.39 is 12.9 Å². The van der Waals surface area contributed by atoms with Gasteiger partial charge >= 0.3 is 7.12 Å². The minimum Gasteiger partial charge on any atom is -0.423 e. The molecule has 0 saturated carbocycles. The van der Waals surface area contributed by atoms with Crippen LogP contribution in [-0.4, -0.2) is 17.2 Å². The summed E-state index contributed by atoms with van der Waals surface area (Å²) in [6.45, 7) is 1.63. The zero-order valence-corrected chi connectivity index (χ0v) is 9.02. The summed E-state index contributed by atoms with van der Waals surface area (Å²) in [5.41, 5.74) is 0.297. The van der Waals surface area contributed by atoms with E-state index in [2.05, 4.69) is 15.9 Å². The summed E-state index contributed by atoms with van der Waals surface area (Å²) in [4.78, 5) is 0. The molecule has 13 heavy (non-hydrogen) atoms. The van der Waals surface area contributed by atoms with Crippen LogP contribution in [0.15, 0.2) is 10.5 Å². The largest absolute Gasteiger partial charge is 0.492 e. The van der Waals surface area contributed by atoms with Crippen molar-refractivity contribution >= 4 is 40.1 Å². The summed E-state index contributed by atoms with van der Waals surface area (Å²) in [5.74, 6) is -0.802. The van der Waals surface area contributed by atoms with E-state index in [0.29, 0.717) is 10.0 Å². The highest BCUT2D eigenvalue weighted by atomic mass is 79.9. The van der Waals surface area contributed by atoms with Crippen molar-refractivity contribution in [2.24, 2.45) is 0 Å². The zero-order valence-electron chi connectivity index (χ0n) is 6.68. The summed E-state index contributed by atoms with van der Waals surface area (Å²) >= 11 is 8.59. The molecule has 0 aliphatic heterocycles. The Kier molecular flexibility index (Phi) is 3.35. The molecule has 0 spiro atoms. The average Bonchev–Trinajstić information content (AvgIpc) is 1.99. The lowest BCUT2D eigenvalue weighted by molar-refractivity contribution is 0.422. The molecule has 2 N–H and O–H groups in total. The first-order valence-corrected chi connectivity index (χ1v) is 4.62. The van der Waals surface area contributed by atoms with E-state index in [4.69, 9.17) is 21.6 Å². The molecule has 70 valence electrons. The topological polar surface area (TPSA) is 40.5 Å². The molecule has 1 rings (SSSR count). The first-order chi connectivity index (χ1) is 5.95. The van der Waals surface area contributed by atoms with Gasteiger partial charge in [-0.25, -0.2) is 4.39 Å². The summed E-state index contributed by atoms with van der Waals surface area (Å²) in [6.07, 6.45) is 0. The van der Waals surface area contributed by atoms with Crippen LogP contribution in [0.3, 0.4) is 0 Å². The Hall–Kier alpha value is -0.0951. The molecule has 0 amide bonds. The van der Waals surface area contributed by atoms with Gasteiger partial charge in [0, 0.05) is 9.94 Å². The Bertz CT molecular complexity index is 346. The van der Waals surface area contributed by atoms with E-state index in [1.54, 1.807) is 6.92 Å². The molecule has 1 aromatic rings. The fourth-order valence-corrected chi connectivity index (χ4v) is 1.84. The maximum Gasteiger partial charge on any atom is 0.492 e. The van der Waals surface area contributed by atoms with Gasteiger partial charge in [-0.1, -0.05) is 27.5 Å². The number of halogens is 3. The second kappa shape index (κ2) is 3.96. The number of aryl methyl sites for hydroxylation is 1. The third-order valence-electron chi connectivity index (χ3n) is 1.63. The summed E-state index contributed by atoms with van der Waals surface area (Å²) in [6, 6.07) is 1.53. The van der Waals surface area contributed by atoms with Crippen LogP contribution >= 0.6 is 27.5 Å². The van der Waals surface area contributed by atoms with Gasteiger partial charge in [-0.15, -0.1) is 0 Å². The van der Waals surface area contributed by atoms with Gasteiger partial charge < -0.3 is 10.0 Å². The lowest BCUT2D eigenvalue weighted by Gasteiger charge is -2.08. The fourth-order valence-electron chi connectivity index (χ4n) is 0.964. The lowest BCUT2D eigenvalue weighted by Crippen LogP contribution is -2.34. The minimum atomic E-state index is -1.87. The van der Waals surface area contributed by atoms with Gasteiger partial charge in [0.2, 0.25) is 0 Å². The van der Waals surface area contributed by atoms with Crippen LogP contribution in [0, 0.1) is 12.7 Å². The third-order valence-corrected chi connectivity index (χ3v) is 2.75. The molecule has 0 aliphatic rings. The van der Waals surface area contributed by atoms with Crippen molar-refractivity contribution in [3.8, 4) is 0 Å². The lowest BCUT2D eigenvalue weighted by atomic mass is 9.79. The molecule has 0 heterocycles. The van der Waals surface area contributed by atoms with E-state index in [1.165, 1.54) is 6.07 Å². The van der Waals surface area contributed by atoms with Gasteiger partial charge in [0.1, 0.15) is 5.82 Å². The molecule has 0 atom stereocenters. The molecule has 0 radical (unpaired) electrons. The van der Waals surface area contributed by atoms with E-state index in [-0.39, 0.29) is 10.5 Å². The summed E-state index contributed by atoms with van der Waals surface area (Å²) in [7, 11) is -1.87. The highest BCUT2D eigenvalue weighted by Crippen LogP contribution is 2.22. The second-order valence-corrected chi connectivity index (χ2v) is 3.82. The first kappa shape index (κ1) is 11.0. The Labute approximate surface area is 88.6 Å². The molecular weight excluding hydrogens is 261 g/mol. The predicted octanol–water partition coefficient (Wildman–Crippen LogP) is 1.23. The Morgan fingerprint density at radius 3 is 2.54 bits per heavy atom. The van der Waals surface area contributed by atoms with Gasteiger partial charge in [0.25, 0.3) is 0 Å². The standard InChI is InChI=1S/C7H6BBrClFO2/c1-3-2-4(9)5(8(12)13)7(11)6(3)10/h2,12-13H,1H3. The van der Waals surface area contributed by atoms with Crippen LogP contribution in [-0.2, 0) is 0 Å². The third kappa shape index (κ3) is 2.04. The van der Waals surface area contributed by atoms with Crippen LogP contribution in [0.25, 0.3) is 0 Å². The molecule has 1 aromatic carbocycles. The van der Waals surface area contributed by atoms with Crippen LogP contribution in [0.4, 0.5) is 4.39 Å². The summed E-state index contributed by atoms with van der Waals surface area (Å²) in [5, 5.41) is 17.6. The first-order valence-electron chi connectivity index (χ1n) is 3.45. The minimum absolute atomic E-state index is 0.0914. The van der Waals surface area contributed by atoms with Gasteiger partial charge in [-0.2, -0.15) is 0 Å². The van der Waals surface area contributed by atoms with E-state index in [9.17, 15) is 4.39 Å². The molecule has 0 fully saturated rings. The van der Waals surface area contributed by atoms with Crippen molar-refractivity contribution in [2.45, 2.75) is 6.92 Å². The molecular formula is C7H6BBrClFO2.